The van der Waals surface area contributed by atoms with Crippen LogP contribution in [0.15, 0.2) is 0 Å². The molecule has 0 spiro atoms. The van der Waals surface area contributed by atoms with E-state index in [1.165, 1.54) is 19.3 Å². The third-order valence-corrected chi connectivity index (χ3v) is 5.40. The largest absolute Gasteiger partial charge is 0.394 e. The first kappa shape index (κ1) is 13.7. The van der Waals surface area contributed by atoms with Gasteiger partial charge in [0.15, 0.2) is 0 Å². The van der Waals surface area contributed by atoms with Crippen LogP contribution in [0.3, 0.4) is 0 Å². The first-order valence-corrected chi connectivity index (χ1v) is 7.92. The molecule has 100 valence electrons. The van der Waals surface area contributed by atoms with Gasteiger partial charge in [-0.1, -0.05) is 6.92 Å². The van der Waals surface area contributed by atoms with Crippen molar-refractivity contribution in [3.05, 3.63) is 0 Å². The van der Waals surface area contributed by atoms with E-state index >= 15 is 0 Å². The highest BCUT2D eigenvalue weighted by Crippen LogP contribution is 2.37. The molecule has 0 aromatic heterocycles. The van der Waals surface area contributed by atoms with Crippen molar-refractivity contribution in [2.45, 2.75) is 55.9 Å². The van der Waals surface area contributed by atoms with Gasteiger partial charge in [-0.2, -0.15) is 11.8 Å². The van der Waals surface area contributed by atoms with Crippen molar-refractivity contribution >= 4 is 11.8 Å². The van der Waals surface area contributed by atoms with E-state index in [1.54, 1.807) is 0 Å². The molecule has 17 heavy (non-hydrogen) atoms. The minimum atomic E-state index is 0.00293. The summed E-state index contributed by atoms with van der Waals surface area (Å²) >= 11 is 2.05. The minimum absolute atomic E-state index is 0.00293. The van der Waals surface area contributed by atoms with Crippen molar-refractivity contribution < 1.29 is 9.84 Å². The Balaban J connectivity index is 1.72. The number of hydrogen-bond donors (Lipinski definition) is 2. The lowest BCUT2D eigenvalue weighted by Crippen LogP contribution is -2.46. The molecular formula is C13H25NO2S. The maximum Gasteiger partial charge on any atom is 0.0666 e. The molecule has 0 aromatic rings. The fourth-order valence-electron chi connectivity index (χ4n) is 2.97. The maximum absolute atomic E-state index is 9.55. The Morgan fingerprint density at radius 1 is 1.47 bits per heavy atom. The molecule has 3 nitrogen and oxygen atoms in total. The molecule has 2 N–H and O–H groups in total. The lowest BCUT2D eigenvalue weighted by atomic mass is 9.99. The average molecular weight is 259 g/mol. The van der Waals surface area contributed by atoms with Gasteiger partial charge in [-0.05, 0) is 38.6 Å². The van der Waals surface area contributed by atoms with Crippen LogP contribution in [-0.2, 0) is 4.74 Å². The Morgan fingerprint density at radius 2 is 2.35 bits per heavy atom. The normalized spacial score (nSPS) is 37.8. The molecule has 0 radical (unpaired) electrons. The van der Waals surface area contributed by atoms with Crippen LogP contribution in [-0.4, -0.2) is 47.5 Å². The van der Waals surface area contributed by atoms with E-state index in [0.717, 1.165) is 31.7 Å². The predicted octanol–water partition coefficient (Wildman–Crippen LogP) is 1.79. The Bertz CT molecular complexity index is 233. The second-order valence-corrected chi connectivity index (χ2v) is 6.64. The maximum atomic E-state index is 9.55. The van der Waals surface area contributed by atoms with E-state index in [2.05, 4.69) is 12.2 Å². The standard InChI is InChI=1S/C13H25NO2S/c1-2-14-13(10-15)6-5-12(8-13)17-9-11-4-3-7-16-11/h11-12,14-15H,2-10H2,1H3. The molecule has 1 aliphatic carbocycles. The monoisotopic (exact) mass is 259 g/mol. The predicted molar refractivity (Wildman–Crippen MR) is 72.6 cm³/mol. The molecule has 1 saturated carbocycles. The first-order chi connectivity index (χ1) is 8.28. The molecule has 1 saturated heterocycles. The molecular weight excluding hydrogens is 234 g/mol. The summed E-state index contributed by atoms with van der Waals surface area (Å²) in [7, 11) is 0. The summed E-state index contributed by atoms with van der Waals surface area (Å²) in [6.07, 6.45) is 6.40. The number of thioether (sulfide) groups is 1. The van der Waals surface area contributed by atoms with Crippen molar-refractivity contribution in [3.63, 3.8) is 0 Å². The van der Waals surface area contributed by atoms with Gasteiger partial charge in [-0.25, -0.2) is 0 Å². The number of aliphatic hydroxyl groups excluding tert-OH is 1. The highest BCUT2D eigenvalue weighted by atomic mass is 32.2. The van der Waals surface area contributed by atoms with E-state index in [1.807, 2.05) is 11.8 Å². The van der Waals surface area contributed by atoms with Crippen molar-refractivity contribution in [2.75, 3.05) is 25.5 Å². The number of rotatable bonds is 6. The Morgan fingerprint density at radius 3 is 3.00 bits per heavy atom. The number of ether oxygens (including phenoxy) is 1. The van der Waals surface area contributed by atoms with Gasteiger partial charge in [0.05, 0.1) is 12.7 Å². The summed E-state index contributed by atoms with van der Waals surface area (Å²) in [5.41, 5.74) is 0.00293. The second kappa shape index (κ2) is 6.41. The Hall–Kier alpha value is 0.230. The SMILES string of the molecule is CCNC1(CO)CCC(SCC2CCCO2)C1. The van der Waals surface area contributed by atoms with Crippen LogP contribution in [0.5, 0.6) is 0 Å². The van der Waals surface area contributed by atoms with Gasteiger partial charge < -0.3 is 15.2 Å². The van der Waals surface area contributed by atoms with Gasteiger partial charge in [0.25, 0.3) is 0 Å². The molecule has 0 bridgehead atoms. The number of nitrogens with one attached hydrogen (secondary N) is 1. The quantitative estimate of drug-likeness (QED) is 0.763. The van der Waals surface area contributed by atoms with Gasteiger partial charge in [0.2, 0.25) is 0 Å². The Labute approximate surface area is 109 Å². The molecule has 0 aromatic carbocycles. The summed E-state index contributed by atoms with van der Waals surface area (Å²) < 4.78 is 5.65. The van der Waals surface area contributed by atoms with Crippen LogP contribution in [0.2, 0.25) is 0 Å². The summed E-state index contributed by atoms with van der Waals surface area (Å²) in [6, 6.07) is 0. The molecule has 1 aliphatic heterocycles. The van der Waals surface area contributed by atoms with E-state index in [0.29, 0.717) is 11.4 Å². The number of likely N-dealkylation sites (N-methyl/N-ethyl adjacent to an activating group) is 1. The summed E-state index contributed by atoms with van der Waals surface area (Å²) in [4.78, 5) is 0. The molecule has 2 aliphatic rings. The van der Waals surface area contributed by atoms with Gasteiger partial charge in [-0.3, -0.25) is 0 Å². The van der Waals surface area contributed by atoms with Crippen LogP contribution in [0.25, 0.3) is 0 Å². The highest BCUT2D eigenvalue weighted by molar-refractivity contribution is 7.99. The minimum Gasteiger partial charge on any atom is -0.394 e. The summed E-state index contributed by atoms with van der Waals surface area (Å²) in [5.74, 6) is 1.14. The zero-order valence-electron chi connectivity index (χ0n) is 10.8. The molecule has 1 heterocycles. The zero-order valence-corrected chi connectivity index (χ0v) is 11.6. The van der Waals surface area contributed by atoms with Crippen molar-refractivity contribution in [2.24, 2.45) is 0 Å². The summed E-state index contributed by atoms with van der Waals surface area (Å²) in [5, 5.41) is 13.7. The van der Waals surface area contributed by atoms with Crippen molar-refractivity contribution in [1.82, 2.24) is 5.32 Å². The lowest BCUT2D eigenvalue weighted by molar-refractivity contribution is 0.128. The van der Waals surface area contributed by atoms with Gasteiger partial charge in [-0.15, -0.1) is 0 Å². The van der Waals surface area contributed by atoms with Crippen molar-refractivity contribution in [3.8, 4) is 0 Å². The van der Waals surface area contributed by atoms with E-state index in [4.69, 9.17) is 4.74 Å². The van der Waals surface area contributed by atoms with Crippen LogP contribution in [0.1, 0.15) is 39.0 Å². The van der Waals surface area contributed by atoms with Crippen LogP contribution in [0, 0.1) is 0 Å². The second-order valence-electron chi connectivity index (χ2n) is 5.30. The van der Waals surface area contributed by atoms with Gasteiger partial charge >= 0.3 is 0 Å². The van der Waals surface area contributed by atoms with Crippen LogP contribution in [0.4, 0.5) is 0 Å². The van der Waals surface area contributed by atoms with E-state index < -0.39 is 0 Å². The lowest BCUT2D eigenvalue weighted by Gasteiger charge is -2.28. The topological polar surface area (TPSA) is 41.5 Å². The molecule has 4 heteroatoms. The van der Waals surface area contributed by atoms with Crippen LogP contribution < -0.4 is 5.32 Å². The van der Waals surface area contributed by atoms with E-state index in [9.17, 15) is 5.11 Å². The fraction of sp³-hybridized carbons (Fsp3) is 1.00. The van der Waals surface area contributed by atoms with Crippen molar-refractivity contribution in [1.29, 1.82) is 0 Å². The molecule has 3 atom stereocenters. The smallest absolute Gasteiger partial charge is 0.0666 e. The number of aliphatic hydroxyl groups is 1. The first-order valence-electron chi connectivity index (χ1n) is 6.87. The van der Waals surface area contributed by atoms with Gasteiger partial charge in [0, 0.05) is 23.1 Å². The third-order valence-electron chi connectivity index (χ3n) is 3.96. The third kappa shape index (κ3) is 3.60. The molecule has 3 unspecified atom stereocenters. The van der Waals surface area contributed by atoms with Crippen LogP contribution >= 0.6 is 11.8 Å². The Kier molecular flexibility index (Phi) is 5.15. The van der Waals surface area contributed by atoms with Gasteiger partial charge in [0.1, 0.15) is 0 Å². The fourth-order valence-corrected chi connectivity index (χ4v) is 4.44. The molecule has 2 rings (SSSR count). The molecule has 0 amide bonds. The molecule has 2 fully saturated rings. The summed E-state index contributed by atoms with van der Waals surface area (Å²) in [6.45, 7) is 4.29. The highest BCUT2D eigenvalue weighted by Gasteiger charge is 2.38. The average Bonchev–Trinajstić information content (AvgIpc) is 2.96. The number of hydrogen-bond acceptors (Lipinski definition) is 4. The van der Waals surface area contributed by atoms with E-state index in [-0.39, 0.29) is 12.1 Å². The zero-order chi connectivity index (χ0) is 12.1.